The first kappa shape index (κ1) is 27.1. The van der Waals surface area contributed by atoms with Gasteiger partial charge in [0.1, 0.15) is 0 Å². The number of aromatic amines is 2. The highest BCUT2D eigenvalue weighted by molar-refractivity contribution is 5.93. The zero-order valence-corrected chi connectivity index (χ0v) is 24.8. The van der Waals surface area contributed by atoms with Crippen LogP contribution in [0.1, 0.15) is 30.0 Å². The van der Waals surface area contributed by atoms with Crippen LogP contribution in [0.25, 0.3) is 55.8 Å². The van der Waals surface area contributed by atoms with Crippen LogP contribution in [-0.2, 0) is 13.6 Å². The van der Waals surface area contributed by atoms with Crippen LogP contribution in [0.2, 0.25) is 0 Å². The number of aromatic nitrogens is 8. The van der Waals surface area contributed by atoms with Gasteiger partial charge in [0.25, 0.3) is 0 Å². The normalized spacial score (nSPS) is 14.4. The monoisotopic (exact) mass is 593 g/mol. The van der Waals surface area contributed by atoms with Crippen molar-refractivity contribution in [2.24, 2.45) is 7.05 Å². The highest BCUT2D eigenvalue weighted by atomic mass is 16.1. The fourth-order valence-electron chi connectivity index (χ4n) is 6.34. The summed E-state index contributed by atoms with van der Waals surface area (Å²) in [6, 6.07) is 31.6. The number of aryl methyl sites for hydroxylation is 1. The Morgan fingerprint density at radius 2 is 1.62 bits per heavy atom. The third-order valence-electron chi connectivity index (χ3n) is 8.70. The van der Waals surface area contributed by atoms with E-state index in [2.05, 4.69) is 90.9 Å². The summed E-state index contributed by atoms with van der Waals surface area (Å²) in [5, 5.41) is 13.6. The Labute approximate surface area is 258 Å². The lowest BCUT2D eigenvalue weighted by Gasteiger charge is -2.31. The average Bonchev–Trinajstić information content (AvgIpc) is 3.69. The minimum absolute atomic E-state index is 0.214. The highest BCUT2D eigenvalue weighted by Crippen LogP contribution is 2.35. The quantitative estimate of drug-likeness (QED) is 0.254. The summed E-state index contributed by atoms with van der Waals surface area (Å²) in [7, 11) is 1.77. The Hall–Kier alpha value is -5.48. The second-order valence-corrected chi connectivity index (χ2v) is 11.7. The molecule has 1 saturated heterocycles. The van der Waals surface area contributed by atoms with E-state index in [1.807, 2.05) is 30.3 Å². The van der Waals surface area contributed by atoms with E-state index in [0.717, 1.165) is 82.5 Å². The number of fused-ring (bicyclic) bond motifs is 2. The van der Waals surface area contributed by atoms with Crippen molar-refractivity contribution in [1.82, 2.24) is 45.0 Å². The largest absolute Gasteiger partial charge is 0.325 e. The molecule has 2 N–H and O–H groups in total. The van der Waals surface area contributed by atoms with Crippen LogP contribution >= 0.6 is 0 Å². The fraction of sp³-hybridized carbons (Fsp3) is 0.200. The van der Waals surface area contributed by atoms with E-state index in [4.69, 9.17) is 9.97 Å². The van der Waals surface area contributed by atoms with Crippen molar-refractivity contribution in [3.63, 3.8) is 0 Å². The van der Waals surface area contributed by atoms with Gasteiger partial charge >= 0.3 is 5.69 Å². The Morgan fingerprint density at radius 3 is 2.40 bits per heavy atom. The number of hydrogen-bond donors (Lipinski definition) is 2. The smallest absolute Gasteiger partial charge is 0.304 e. The standard InChI is InChI=1S/C35H31N9O/c1-43-41-33(40-42-43)26-11-12-30-27(19-26)20-28(23-5-3-2-4-6-23)32(36-30)25-9-7-22(8-10-25)21-44-17-15-24(16-18-44)29-13-14-31-34(37-29)39-35(45)38-31/h2-14,19-20,24H,15-18,21H2,1H3,(H2,37,38,39,45). The minimum Gasteiger partial charge on any atom is -0.304 e. The van der Waals surface area contributed by atoms with Gasteiger partial charge < -0.3 is 4.98 Å². The van der Waals surface area contributed by atoms with Gasteiger partial charge in [0.2, 0.25) is 5.82 Å². The SMILES string of the molecule is Cn1nnc(-c2ccc3nc(-c4ccc(CN5CCC(c6ccc7[nH]c(=O)[nH]c7n6)CC5)cc4)c(-c4ccccc4)cc3c2)n1. The molecule has 1 fully saturated rings. The molecule has 1 aliphatic heterocycles. The van der Waals surface area contributed by atoms with Gasteiger partial charge in [0, 0.05) is 40.2 Å². The number of piperidine rings is 1. The number of nitrogens with zero attached hydrogens (tertiary/aromatic N) is 7. The van der Waals surface area contributed by atoms with Gasteiger partial charge in [0.05, 0.1) is 23.8 Å². The first-order valence-electron chi connectivity index (χ1n) is 15.2. The number of likely N-dealkylation sites (tertiary alicyclic amines) is 1. The highest BCUT2D eigenvalue weighted by Gasteiger charge is 2.22. The number of nitrogens with one attached hydrogen (secondary N) is 2. The van der Waals surface area contributed by atoms with Crippen LogP contribution in [0, 0.1) is 0 Å². The van der Waals surface area contributed by atoms with Crippen molar-refractivity contribution in [1.29, 1.82) is 0 Å². The molecule has 222 valence electrons. The van der Waals surface area contributed by atoms with E-state index in [1.54, 1.807) is 7.05 Å². The van der Waals surface area contributed by atoms with E-state index < -0.39 is 0 Å². The van der Waals surface area contributed by atoms with Gasteiger partial charge in [-0.1, -0.05) is 54.6 Å². The predicted molar refractivity (Wildman–Crippen MR) is 174 cm³/mol. The summed E-state index contributed by atoms with van der Waals surface area (Å²) < 4.78 is 0. The van der Waals surface area contributed by atoms with Crippen molar-refractivity contribution in [3.8, 4) is 33.8 Å². The molecule has 0 saturated carbocycles. The van der Waals surface area contributed by atoms with E-state index in [0.29, 0.717) is 17.4 Å². The molecular formula is C35H31N9O. The number of hydrogen-bond acceptors (Lipinski definition) is 7. The van der Waals surface area contributed by atoms with Gasteiger partial charge in [-0.15, -0.1) is 10.2 Å². The maximum absolute atomic E-state index is 11.6. The fourth-order valence-corrected chi connectivity index (χ4v) is 6.34. The van der Waals surface area contributed by atoms with Gasteiger partial charge in [-0.05, 0) is 78.7 Å². The molecule has 0 bridgehead atoms. The Morgan fingerprint density at radius 1 is 0.822 bits per heavy atom. The summed E-state index contributed by atoms with van der Waals surface area (Å²) >= 11 is 0. The topological polar surface area (TPSA) is 121 Å². The molecule has 0 spiro atoms. The second-order valence-electron chi connectivity index (χ2n) is 11.7. The maximum Gasteiger partial charge on any atom is 0.325 e. The molecular weight excluding hydrogens is 562 g/mol. The van der Waals surface area contributed by atoms with Crippen molar-refractivity contribution < 1.29 is 0 Å². The molecule has 0 atom stereocenters. The molecule has 0 aliphatic carbocycles. The van der Waals surface area contributed by atoms with Crippen molar-refractivity contribution in [3.05, 3.63) is 113 Å². The van der Waals surface area contributed by atoms with Crippen molar-refractivity contribution in [2.45, 2.75) is 25.3 Å². The summed E-state index contributed by atoms with van der Waals surface area (Å²) in [5.74, 6) is 0.992. The first-order valence-corrected chi connectivity index (χ1v) is 15.2. The molecule has 0 radical (unpaired) electrons. The lowest BCUT2D eigenvalue weighted by molar-refractivity contribution is 0.203. The molecule has 0 amide bonds. The summed E-state index contributed by atoms with van der Waals surface area (Å²) in [6.45, 7) is 2.92. The average molecular weight is 594 g/mol. The molecule has 3 aromatic carbocycles. The van der Waals surface area contributed by atoms with Gasteiger partial charge in [-0.3, -0.25) is 9.88 Å². The predicted octanol–water partition coefficient (Wildman–Crippen LogP) is 5.70. The third-order valence-corrected chi connectivity index (χ3v) is 8.70. The minimum atomic E-state index is -0.214. The van der Waals surface area contributed by atoms with Gasteiger partial charge in [-0.2, -0.15) is 4.80 Å². The molecule has 1 aliphatic rings. The van der Waals surface area contributed by atoms with E-state index >= 15 is 0 Å². The van der Waals surface area contributed by atoms with E-state index in [1.165, 1.54) is 10.4 Å². The molecule has 8 rings (SSSR count). The number of imidazole rings is 1. The van der Waals surface area contributed by atoms with Crippen LogP contribution in [0.3, 0.4) is 0 Å². The van der Waals surface area contributed by atoms with E-state index in [-0.39, 0.29) is 5.69 Å². The maximum atomic E-state index is 11.6. The Kier molecular flexibility index (Phi) is 6.76. The van der Waals surface area contributed by atoms with Crippen LogP contribution in [-0.4, -0.2) is 58.1 Å². The van der Waals surface area contributed by atoms with Crippen LogP contribution in [0.4, 0.5) is 0 Å². The molecule has 45 heavy (non-hydrogen) atoms. The van der Waals surface area contributed by atoms with Crippen LogP contribution in [0.5, 0.6) is 0 Å². The van der Waals surface area contributed by atoms with Crippen molar-refractivity contribution >= 4 is 22.1 Å². The molecule has 5 heterocycles. The first-order chi connectivity index (χ1) is 22.1. The zero-order valence-electron chi connectivity index (χ0n) is 24.8. The lowest BCUT2D eigenvalue weighted by Crippen LogP contribution is -2.32. The Balaban J connectivity index is 1.02. The molecule has 4 aromatic heterocycles. The van der Waals surface area contributed by atoms with Crippen LogP contribution in [0.15, 0.2) is 95.8 Å². The van der Waals surface area contributed by atoms with Crippen LogP contribution < -0.4 is 5.69 Å². The zero-order chi connectivity index (χ0) is 30.3. The summed E-state index contributed by atoms with van der Waals surface area (Å²) in [5.41, 5.74) is 9.59. The molecule has 10 nitrogen and oxygen atoms in total. The van der Waals surface area contributed by atoms with Crippen molar-refractivity contribution in [2.75, 3.05) is 13.1 Å². The molecule has 7 aromatic rings. The van der Waals surface area contributed by atoms with E-state index in [9.17, 15) is 4.79 Å². The second kappa shape index (κ2) is 11.2. The number of benzene rings is 3. The molecule has 0 unspecified atom stereocenters. The summed E-state index contributed by atoms with van der Waals surface area (Å²) in [6.07, 6.45) is 2.09. The van der Waals surface area contributed by atoms with Gasteiger partial charge in [-0.25, -0.2) is 14.8 Å². The third kappa shape index (κ3) is 5.40. The lowest BCUT2D eigenvalue weighted by atomic mass is 9.92. The number of pyridine rings is 2. The number of rotatable bonds is 6. The molecule has 10 heteroatoms. The number of H-pyrrole nitrogens is 2. The Bertz CT molecular complexity index is 2190. The number of tetrazole rings is 1. The van der Waals surface area contributed by atoms with Gasteiger partial charge in [0.15, 0.2) is 5.65 Å². The summed E-state index contributed by atoms with van der Waals surface area (Å²) in [4.78, 5) is 31.0.